The Morgan fingerprint density at radius 2 is 1.72 bits per heavy atom. The van der Waals surface area contributed by atoms with Crippen molar-refractivity contribution >= 4 is 11.9 Å². The van der Waals surface area contributed by atoms with E-state index in [4.69, 9.17) is 13.9 Å². The Labute approximate surface area is 167 Å². The maximum atomic E-state index is 12.8. The van der Waals surface area contributed by atoms with Crippen LogP contribution in [-0.2, 0) is 22.6 Å². The summed E-state index contributed by atoms with van der Waals surface area (Å²) >= 11 is 0. The number of ether oxygens (including phenoxy) is 2. The van der Waals surface area contributed by atoms with E-state index in [1.54, 1.807) is 18.2 Å². The standard InChI is InChI=1S/C22H20FNO5/c23-17-8-6-16(7-9-17)12-13-24-21(25)15-28-22(26)20-11-10-19(29-20)14-27-18-4-2-1-3-5-18/h1-11H,12-15H2,(H,24,25). The third-order valence-corrected chi connectivity index (χ3v) is 3.97. The van der Waals surface area contributed by atoms with Gasteiger partial charge in [-0.3, -0.25) is 4.79 Å². The molecule has 1 N–H and O–H groups in total. The van der Waals surface area contributed by atoms with Gasteiger partial charge in [-0.2, -0.15) is 0 Å². The molecule has 7 heteroatoms. The van der Waals surface area contributed by atoms with Crippen LogP contribution in [0.4, 0.5) is 4.39 Å². The number of hydrogen-bond donors (Lipinski definition) is 1. The topological polar surface area (TPSA) is 77.8 Å². The van der Waals surface area contributed by atoms with Crippen molar-refractivity contribution < 1.29 is 27.9 Å². The lowest BCUT2D eigenvalue weighted by atomic mass is 10.1. The molecule has 0 saturated heterocycles. The van der Waals surface area contributed by atoms with Gasteiger partial charge in [0.15, 0.2) is 6.61 Å². The third kappa shape index (κ3) is 6.49. The fourth-order valence-electron chi connectivity index (χ4n) is 2.49. The van der Waals surface area contributed by atoms with Crippen molar-refractivity contribution in [1.29, 1.82) is 0 Å². The van der Waals surface area contributed by atoms with E-state index >= 15 is 0 Å². The van der Waals surface area contributed by atoms with Crippen molar-refractivity contribution in [2.75, 3.05) is 13.2 Å². The van der Waals surface area contributed by atoms with Crippen molar-refractivity contribution in [3.05, 3.63) is 89.6 Å². The molecule has 3 rings (SSSR count). The molecule has 0 saturated carbocycles. The second-order valence-corrected chi connectivity index (χ2v) is 6.17. The first-order valence-electron chi connectivity index (χ1n) is 9.05. The van der Waals surface area contributed by atoms with E-state index < -0.39 is 18.5 Å². The Morgan fingerprint density at radius 1 is 0.966 bits per heavy atom. The van der Waals surface area contributed by atoms with Crippen LogP contribution in [0.25, 0.3) is 0 Å². The zero-order chi connectivity index (χ0) is 20.5. The first-order chi connectivity index (χ1) is 14.1. The van der Waals surface area contributed by atoms with Crippen molar-refractivity contribution in [2.45, 2.75) is 13.0 Å². The zero-order valence-corrected chi connectivity index (χ0v) is 15.6. The van der Waals surface area contributed by atoms with Gasteiger partial charge in [-0.1, -0.05) is 30.3 Å². The lowest BCUT2D eigenvalue weighted by molar-refractivity contribution is -0.124. The summed E-state index contributed by atoms with van der Waals surface area (Å²) in [6, 6.07) is 18.3. The van der Waals surface area contributed by atoms with Gasteiger partial charge in [0.2, 0.25) is 5.76 Å². The predicted octanol–water partition coefficient (Wildman–Crippen LogP) is 3.51. The molecule has 150 valence electrons. The van der Waals surface area contributed by atoms with Gasteiger partial charge in [-0.25, -0.2) is 9.18 Å². The van der Waals surface area contributed by atoms with E-state index in [1.807, 2.05) is 30.3 Å². The molecule has 0 radical (unpaired) electrons. The molecular weight excluding hydrogens is 377 g/mol. The van der Waals surface area contributed by atoms with Crippen LogP contribution in [0.1, 0.15) is 21.9 Å². The minimum absolute atomic E-state index is 0.00391. The number of rotatable bonds is 9. The molecule has 0 aliphatic carbocycles. The quantitative estimate of drug-likeness (QED) is 0.559. The molecule has 0 fully saturated rings. The van der Waals surface area contributed by atoms with Crippen molar-refractivity contribution in [2.24, 2.45) is 0 Å². The molecule has 1 amide bonds. The highest BCUT2D eigenvalue weighted by Crippen LogP contribution is 2.14. The summed E-state index contributed by atoms with van der Waals surface area (Å²) in [4.78, 5) is 23.8. The molecule has 1 heterocycles. The van der Waals surface area contributed by atoms with Gasteiger partial charge < -0.3 is 19.2 Å². The molecule has 0 aliphatic rings. The van der Waals surface area contributed by atoms with E-state index in [-0.39, 0.29) is 18.2 Å². The number of halogens is 1. The van der Waals surface area contributed by atoms with Crippen LogP contribution in [0.5, 0.6) is 5.75 Å². The Morgan fingerprint density at radius 3 is 2.48 bits per heavy atom. The molecule has 0 spiro atoms. The Balaban J connectivity index is 1.37. The highest BCUT2D eigenvalue weighted by molar-refractivity contribution is 5.88. The fourth-order valence-corrected chi connectivity index (χ4v) is 2.49. The van der Waals surface area contributed by atoms with E-state index in [2.05, 4.69) is 5.32 Å². The van der Waals surface area contributed by atoms with E-state index in [0.29, 0.717) is 24.5 Å². The average Bonchev–Trinajstić information content (AvgIpc) is 3.22. The fraction of sp³-hybridized carbons (Fsp3) is 0.182. The third-order valence-electron chi connectivity index (χ3n) is 3.97. The first-order valence-corrected chi connectivity index (χ1v) is 9.05. The number of amides is 1. The number of hydrogen-bond acceptors (Lipinski definition) is 5. The van der Waals surface area contributed by atoms with Gasteiger partial charge in [0.05, 0.1) is 0 Å². The summed E-state index contributed by atoms with van der Waals surface area (Å²) in [6.45, 7) is 0.101. The lowest BCUT2D eigenvalue weighted by Gasteiger charge is -2.06. The lowest BCUT2D eigenvalue weighted by Crippen LogP contribution is -2.30. The predicted molar refractivity (Wildman–Crippen MR) is 103 cm³/mol. The maximum absolute atomic E-state index is 12.8. The summed E-state index contributed by atoms with van der Waals surface area (Å²) in [5.74, 6) is -0.327. The second-order valence-electron chi connectivity index (χ2n) is 6.17. The highest BCUT2D eigenvalue weighted by atomic mass is 19.1. The van der Waals surface area contributed by atoms with Crippen LogP contribution in [-0.4, -0.2) is 25.0 Å². The molecule has 0 aliphatic heterocycles. The summed E-state index contributed by atoms with van der Waals surface area (Å²) < 4.78 is 28.7. The van der Waals surface area contributed by atoms with Gasteiger partial charge in [0.25, 0.3) is 5.91 Å². The summed E-state index contributed by atoms with van der Waals surface area (Å²) in [7, 11) is 0. The minimum Gasteiger partial charge on any atom is -0.486 e. The highest BCUT2D eigenvalue weighted by Gasteiger charge is 2.15. The second kappa shape index (κ2) is 10.1. The van der Waals surface area contributed by atoms with Crippen LogP contribution >= 0.6 is 0 Å². The van der Waals surface area contributed by atoms with Gasteiger partial charge in [-0.05, 0) is 48.4 Å². The van der Waals surface area contributed by atoms with Crippen LogP contribution in [0.3, 0.4) is 0 Å². The number of carbonyl (C=O) groups is 2. The number of para-hydroxylation sites is 1. The number of nitrogens with one attached hydrogen (secondary N) is 1. The summed E-state index contributed by atoms with van der Waals surface area (Å²) in [5, 5.41) is 2.64. The molecule has 29 heavy (non-hydrogen) atoms. The van der Waals surface area contributed by atoms with E-state index in [1.165, 1.54) is 18.2 Å². The van der Waals surface area contributed by atoms with Crippen LogP contribution in [0, 0.1) is 5.82 Å². The Kier molecular flexibility index (Phi) is 7.00. The van der Waals surface area contributed by atoms with Crippen LogP contribution in [0.2, 0.25) is 0 Å². The van der Waals surface area contributed by atoms with Gasteiger partial charge in [-0.15, -0.1) is 0 Å². The molecule has 2 aromatic carbocycles. The summed E-state index contributed by atoms with van der Waals surface area (Å²) in [6.07, 6.45) is 0.545. The molecular formula is C22H20FNO5. The smallest absolute Gasteiger partial charge is 0.374 e. The largest absolute Gasteiger partial charge is 0.486 e. The van der Waals surface area contributed by atoms with Crippen molar-refractivity contribution in [1.82, 2.24) is 5.32 Å². The monoisotopic (exact) mass is 397 g/mol. The average molecular weight is 397 g/mol. The van der Waals surface area contributed by atoms with Gasteiger partial charge in [0, 0.05) is 6.54 Å². The zero-order valence-electron chi connectivity index (χ0n) is 15.6. The summed E-state index contributed by atoms with van der Waals surface area (Å²) in [5.41, 5.74) is 0.893. The van der Waals surface area contributed by atoms with Crippen LogP contribution < -0.4 is 10.1 Å². The molecule has 0 unspecified atom stereocenters. The molecule has 0 bridgehead atoms. The molecule has 1 aromatic heterocycles. The van der Waals surface area contributed by atoms with Crippen LogP contribution in [0.15, 0.2) is 71.1 Å². The van der Waals surface area contributed by atoms with Gasteiger partial charge in [0.1, 0.15) is 23.9 Å². The molecule has 3 aromatic rings. The van der Waals surface area contributed by atoms with Gasteiger partial charge >= 0.3 is 5.97 Å². The maximum Gasteiger partial charge on any atom is 0.374 e. The molecule has 0 atom stereocenters. The van der Waals surface area contributed by atoms with Crippen molar-refractivity contribution in [3.63, 3.8) is 0 Å². The Bertz CT molecular complexity index is 937. The van der Waals surface area contributed by atoms with E-state index in [0.717, 1.165) is 5.56 Å². The minimum atomic E-state index is -0.732. The normalized spacial score (nSPS) is 10.4. The SMILES string of the molecule is O=C(COC(=O)c1ccc(COc2ccccc2)o1)NCCc1ccc(F)cc1. The number of carbonyl (C=O) groups excluding carboxylic acids is 2. The first kappa shape index (κ1) is 20.1. The van der Waals surface area contributed by atoms with E-state index in [9.17, 15) is 14.0 Å². The number of esters is 1. The Hall–Kier alpha value is -3.61. The molecule has 6 nitrogen and oxygen atoms in total. The number of furan rings is 1. The number of benzene rings is 2. The van der Waals surface area contributed by atoms with Crippen molar-refractivity contribution in [3.8, 4) is 5.75 Å².